The fraction of sp³-hybridized carbons (Fsp3) is 0.333. The Bertz CT molecular complexity index is 1890. The van der Waals surface area contributed by atoms with Gasteiger partial charge in [-0.3, -0.25) is 0 Å². The average molecular weight is 624 g/mol. The first-order valence-corrected chi connectivity index (χ1v) is 17.3. The number of fused-ring (bicyclic) bond motifs is 2. The minimum atomic E-state index is 0.229. The van der Waals surface area contributed by atoms with Crippen LogP contribution in [0.25, 0.3) is 22.1 Å². The molecule has 4 N–H and O–H groups in total. The van der Waals surface area contributed by atoms with E-state index in [1.54, 1.807) is 0 Å². The van der Waals surface area contributed by atoms with Crippen molar-refractivity contribution in [3.8, 4) is 5.75 Å². The molecule has 2 aromatic heterocycles. The minimum Gasteiger partial charge on any atom is -0.489 e. The fourth-order valence-corrected chi connectivity index (χ4v) is 7.96. The molecule has 0 saturated carbocycles. The summed E-state index contributed by atoms with van der Waals surface area (Å²) in [5.41, 5.74) is 9.31. The van der Waals surface area contributed by atoms with Crippen LogP contribution in [0.2, 0.25) is 0 Å². The van der Waals surface area contributed by atoms with Crippen molar-refractivity contribution in [2.75, 3.05) is 18.0 Å². The number of aromatic nitrogens is 4. The largest absolute Gasteiger partial charge is 0.489 e. The van der Waals surface area contributed by atoms with Gasteiger partial charge in [0, 0.05) is 5.69 Å². The molecule has 0 bridgehead atoms. The number of ether oxygens (including phenoxy) is 1. The standard InChI is InChI=1S/C39H41N7O/c1-2-6-25(7-3-1)24-47-29-14-12-28(13-15-29)46-36(26-10-16-30-34(22-26)44-38(42-30)32-8-4-20-40-32)18-19-37(46)27-11-17-31-35(23-27)45-39(43-31)33-9-5-21-41-33/h1-3,6-7,10-17,22-23,32-33,36-37,40-41H,4-5,8-9,18-21,24H2,(H,42,44)(H,43,45)/t32-,33-,36+,37+/m0/s1. The van der Waals surface area contributed by atoms with E-state index < -0.39 is 0 Å². The number of hydrogen-bond acceptors (Lipinski definition) is 6. The normalized spacial score (nSPS) is 22.9. The van der Waals surface area contributed by atoms with Gasteiger partial charge in [-0.25, -0.2) is 9.97 Å². The lowest BCUT2D eigenvalue weighted by atomic mass is 10.0. The summed E-state index contributed by atoms with van der Waals surface area (Å²) in [5.74, 6) is 2.99. The molecule has 3 saturated heterocycles. The zero-order valence-corrected chi connectivity index (χ0v) is 26.6. The van der Waals surface area contributed by atoms with E-state index in [0.717, 1.165) is 78.2 Å². The highest BCUT2D eigenvalue weighted by Gasteiger charge is 2.36. The van der Waals surface area contributed by atoms with Crippen LogP contribution in [0.3, 0.4) is 0 Å². The zero-order valence-electron chi connectivity index (χ0n) is 26.6. The summed E-state index contributed by atoms with van der Waals surface area (Å²) in [5, 5.41) is 7.17. The Morgan fingerprint density at radius 1 is 0.638 bits per heavy atom. The van der Waals surface area contributed by atoms with Gasteiger partial charge in [0.25, 0.3) is 0 Å². The van der Waals surface area contributed by atoms with Crippen molar-refractivity contribution in [1.82, 2.24) is 30.6 Å². The number of rotatable bonds is 8. The number of hydrogen-bond donors (Lipinski definition) is 4. The van der Waals surface area contributed by atoms with Crippen LogP contribution < -0.4 is 20.3 Å². The molecule has 4 atom stereocenters. The molecule has 0 aliphatic carbocycles. The lowest BCUT2D eigenvalue weighted by Gasteiger charge is -2.33. The summed E-state index contributed by atoms with van der Waals surface area (Å²) in [6.07, 6.45) is 6.79. The first-order valence-electron chi connectivity index (χ1n) is 17.3. The van der Waals surface area contributed by atoms with Crippen molar-refractivity contribution in [2.24, 2.45) is 0 Å². The van der Waals surface area contributed by atoms with Gasteiger partial charge in [-0.2, -0.15) is 0 Å². The Kier molecular flexibility index (Phi) is 7.40. The number of benzene rings is 4. The monoisotopic (exact) mass is 623 g/mol. The summed E-state index contributed by atoms with van der Waals surface area (Å²) in [4.78, 5) is 19.8. The number of aromatic amines is 2. The van der Waals surface area contributed by atoms with Gasteiger partial charge in [-0.15, -0.1) is 0 Å². The van der Waals surface area contributed by atoms with E-state index in [9.17, 15) is 0 Å². The Morgan fingerprint density at radius 2 is 1.21 bits per heavy atom. The second kappa shape index (κ2) is 12.2. The SMILES string of the molecule is c1ccc(COc2ccc(N3[C@@H](c4ccc5nc([C@@H]6CCCN6)[nH]c5c4)CC[C@@H]3c3ccc4nc([C@@H]5CCCN5)[nH]c4c3)cc2)cc1. The van der Waals surface area contributed by atoms with Crippen LogP contribution in [0.1, 0.15) is 91.0 Å². The smallest absolute Gasteiger partial charge is 0.124 e. The first-order chi connectivity index (χ1) is 23.2. The third kappa shape index (κ3) is 5.55. The Hall–Kier alpha value is -4.66. The second-order valence-electron chi connectivity index (χ2n) is 13.4. The van der Waals surface area contributed by atoms with E-state index in [2.05, 4.69) is 110 Å². The third-order valence-corrected chi connectivity index (χ3v) is 10.4. The maximum absolute atomic E-state index is 6.17. The molecular formula is C39H41N7O. The third-order valence-electron chi connectivity index (χ3n) is 10.4. The topological polar surface area (TPSA) is 93.9 Å². The minimum absolute atomic E-state index is 0.229. The number of nitrogens with zero attached hydrogens (tertiary/aromatic N) is 3. The van der Waals surface area contributed by atoms with E-state index in [4.69, 9.17) is 14.7 Å². The van der Waals surface area contributed by atoms with Gasteiger partial charge in [-0.1, -0.05) is 42.5 Å². The summed E-state index contributed by atoms with van der Waals surface area (Å²) in [7, 11) is 0. The van der Waals surface area contributed by atoms with Crippen molar-refractivity contribution in [3.63, 3.8) is 0 Å². The molecule has 47 heavy (non-hydrogen) atoms. The van der Waals surface area contributed by atoms with Crippen LogP contribution >= 0.6 is 0 Å². The van der Waals surface area contributed by atoms with Gasteiger partial charge in [0.15, 0.2) is 0 Å². The molecule has 0 radical (unpaired) electrons. The molecule has 6 aromatic rings. The lowest BCUT2D eigenvalue weighted by molar-refractivity contribution is 0.306. The number of imidazole rings is 2. The quantitative estimate of drug-likeness (QED) is 0.138. The summed E-state index contributed by atoms with van der Waals surface area (Å²) in [6, 6.07) is 33.7. The zero-order chi connectivity index (χ0) is 31.2. The lowest BCUT2D eigenvalue weighted by Crippen LogP contribution is -2.26. The van der Waals surface area contributed by atoms with Crippen molar-refractivity contribution in [3.05, 3.63) is 119 Å². The van der Waals surface area contributed by atoms with E-state index in [0.29, 0.717) is 18.7 Å². The van der Waals surface area contributed by atoms with Gasteiger partial charge in [0.1, 0.15) is 24.0 Å². The fourth-order valence-electron chi connectivity index (χ4n) is 7.96. The van der Waals surface area contributed by atoms with Crippen LogP contribution in [-0.2, 0) is 6.61 Å². The van der Waals surface area contributed by atoms with Crippen molar-refractivity contribution in [1.29, 1.82) is 0 Å². The summed E-state index contributed by atoms with van der Waals surface area (Å²) in [6.45, 7) is 2.68. The second-order valence-corrected chi connectivity index (χ2v) is 13.4. The van der Waals surface area contributed by atoms with Crippen LogP contribution in [-0.4, -0.2) is 33.0 Å². The van der Waals surface area contributed by atoms with Crippen molar-refractivity contribution < 1.29 is 4.74 Å². The van der Waals surface area contributed by atoms with E-state index in [-0.39, 0.29) is 12.1 Å². The van der Waals surface area contributed by atoms with Gasteiger partial charge >= 0.3 is 0 Å². The maximum atomic E-state index is 6.17. The highest BCUT2D eigenvalue weighted by molar-refractivity contribution is 5.78. The van der Waals surface area contributed by atoms with E-state index in [1.807, 2.05) is 6.07 Å². The molecule has 4 aromatic carbocycles. The molecule has 3 fully saturated rings. The van der Waals surface area contributed by atoms with Crippen molar-refractivity contribution >= 4 is 27.8 Å². The Morgan fingerprint density at radius 3 is 1.74 bits per heavy atom. The molecule has 0 unspecified atom stereocenters. The first kappa shape index (κ1) is 28.6. The highest BCUT2D eigenvalue weighted by Crippen LogP contribution is 2.48. The molecule has 9 rings (SSSR count). The molecule has 3 aliphatic heterocycles. The van der Waals surface area contributed by atoms with Gasteiger partial charge in [-0.05, 0) is 117 Å². The molecule has 238 valence electrons. The van der Waals surface area contributed by atoms with Crippen LogP contribution in [0, 0.1) is 0 Å². The van der Waals surface area contributed by atoms with Crippen LogP contribution in [0.4, 0.5) is 5.69 Å². The van der Waals surface area contributed by atoms with E-state index >= 15 is 0 Å². The van der Waals surface area contributed by atoms with Crippen LogP contribution in [0.5, 0.6) is 5.75 Å². The number of anilines is 1. The molecule has 0 amide bonds. The molecule has 5 heterocycles. The Labute approximate surface area is 275 Å². The van der Waals surface area contributed by atoms with Gasteiger partial charge in [0.2, 0.25) is 0 Å². The summed E-state index contributed by atoms with van der Waals surface area (Å²) < 4.78 is 6.17. The van der Waals surface area contributed by atoms with E-state index in [1.165, 1.54) is 35.2 Å². The number of nitrogens with one attached hydrogen (secondary N) is 4. The molecule has 8 nitrogen and oxygen atoms in total. The van der Waals surface area contributed by atoms with Crippen LogP contribution in [0.15, 0.2) is 91.0 Å². The molecule has 8 heteroatoms. The Balaban J connectivity index is 1.04. The predicted molar refractivity (Wildman–Crippen MR) is 187 cm³/mol. The molecular weight excluding hydrogens is 582 g/mol. The van der Waals surface area contributed by atoms with Gasteiger partial charge in [0.05, 0.1) is 46.2 Å². The van der Waals surface area contributed by atoms with Gasteiger partial charge < -0.3 is 30.2 Å². The number of H-pyrrole nitrogens is 2. The molecule has 0 spiro atoms. The predicted octanol–water partition coefficient (Wildman–Crippen LogP) is 7.95. The maximum Gasteiger partial charge on any atom is 0.124 e. The molecule has 3 aliphatic rings. The highest BCUT2D eigenvalue weighted by atomic mass is 16.5. The summed E-state index contributed by atoms with van der Waals surface area (Å²) >= 11 is 0. The average Bonchev–Trinajstić information content (AvgIpc) is 3.95. The van der Waals surface area contributed by atoms with Crippen molar-refractivity contribution in [2.45, 2.75) is 69.3 Å².